The van der Waals surface area contributed by atoms with Crippen molar-refractivity contribution >= 4 is 57.6 Å². The van der Waals surface area contributed by atoms with Crippen LogP contribution in [0.4, 0.5) is 11.4 Å². The number of carbonyl (C=O) groups is 1. The smallest absolute Gasteiger partial charge is 0.350 e. The van der Waals surface area contributed by atoms with Crippen molar-refractivity contribution < 1.29 is 9.53 Å². The van der Waals surface area contributed by atoms with Gasteiger partial charge < -0.3 is 9.64 Å². The molecule has 0 radical (unpaired) electrons. The van der Waals surface area contributed by atoms with Gasteiger partial charge in [0.15, 0.2) is 5.76 Å². The molecule has 1 atom stereocenters. The Morgan fingerprint density at radius 3 is 2.03 bits per heavy atom. The average molecular weight is 519 g/mol. The molecule has 3 aromatic carbocycles. The fourth-order valence-corrected chi connectivity index (χ4v) is 6.39. The highest BCUT2D eigenvalue weighted by Crippen LogP contribution is 2.51. The number of aromatic nitrogens is 1. The summed E-state index contributed by atoms with van der Waals surface area (Å²) < 4.78 is 4.06. The molecule has 1 unspecified atom stereocenters. The first-order valence-corrected chi connectivity index (χ1v) is 12.9. The molecule has 4 aromatic rings. The van der Waals surface area contributed by atoms with Gasteiger partial charge in [-0.3, -0.25) is 0 Å². The molecular formula is C28H20Cl2N2O2S. The number of halogens is 2. The van der Waals surface area contributed by atoms with Gasteiger partial charge in [0.2, 0.25) is 4.33 Å². The van der Waals surface area contributed by atoms with Gasteiger partial charge in [-0.1, -0.05) is 89.9 Å². The highest BCUT2D eigenvalue weighted by molar-refractivity contribution is 7.16. The van der Waals surface area contributed by atoms with Crippen molar-refractivity contribution in [2.24, 2.45) is 0 Å². The molecule has 35 heavy (non-hydrogen) atoms. The second-order valence-electron chi connectivity index (χ2n) is 8.47. The van der Waals surface area contributed by atoms with E-state index in [0.717, 1.165) is 38.1 Å². The van der Waals surface area contributed by atoms with Crippen molar-refractivity contribution in [1.29, 1.82) is 0 Å². The number of carbonyl (C=O) groups excluding carboxylic acids is 1. The molecule has 0 spiro atoms. The van der Waals surface area contributed by atoms with E-state index in [9.17, 15) is 4.79 Å². The molecule has 0 fully saturated rings. The fraction of sp³-hybridized carbons (Fsp3) is 0.143. The third-order valence-electron chi connectivity index (χ3n) is 6.31. The summed E-state index contributed by atoms with van der Waals surface area (Å²) in [6.45, 7) is 0. The number of alkyl halides is 2. The van der Waals surface area contributed by atoms with E-state index in [1.54, 1.807) is 0 Å². The molecule has 174 valence electrons. The van der Waals surface area contributed by atoms with E-state index >= 15 is 0 Å². The zero-order valence-electron chi connectivity index (χ0n) is 18.5. The molecule has 0 saturated carbocycles. The highest BCUT2D eigenvalue weighted by Gasteiger charge is 2.55. The van der Waals surface area contributed by atoms with Crippen molar-refractivity contribution in [3.05, 3.63) is 107 Å². The molecule has 0 amide bonds. The quantitative estimate of drug-likeness (QED) is 0.208. The lowest BCUT2D eigenvalue weighted by molar-refractivity contribution is -0.138. The summed E-state index contributed by atoms with van der Waals surface area (Å²) in [5, 5.41) is 0.897. The molecule has 6 rings (SSSR count). The Kier molecular flexibility index (Phi) is 5.64. The van der Waals surface area contributed by atoms with E-state index < -0.39 is 16.3 Å². The number of nitrogens with zero attached hydrogens (tertiary/aromatic N) is 2. The minimum absolute atomic E-state index is 0.537. The van der Waals surface area contributed by atoms with Gasteiger partial charge in [-0.2, -0.15) is 0 Å². The first-order valence-electron chi connectivity index (χ1n) is 11.3. The molecule has 0 saturated heterocycles. The number of anilines is 2. The lowest BCUT2D eigenvalue weighted by Crippen LogP contribution is -2.54. The lowest BCUT2D eigenvalue weighted by Gasteiger charge is -2.44. The zero-order valence-corrected chi connectivity index (χ0v) is 20.9. The molecule has 2 aliphatic rings. The number of rotatable bonds is 4. The maximum absolute atomic E-state index is 13.3. The van der Waals surface area contributed by atoms with Crippen molar-refractivity contribution in [3.8, 4) is 10.6 Å². The van der Waals surface area contributed by atoms with Crippen LogP contribution in [0.1, 0.15) is 17.0 Å². The van der Waals surface area contributed by atoms with Crippen molar-refractivity contribution in [2.45, 2.75) is 23.2 Å². The van der Waals surface area contributed by atoms with Gasteiger partial charge in [0.25, 0.3) is 0 Å². The molecule has 0 bridgehead atoms. The Hall–Kier alpha value is -3.12. The van der Waals surface area contributed by atoms with Crippen LogP contribution in [0.15, 0.2) is 96.6 Å². The SMILES string of the molecule is O=C1OC2=C(CCc3nc(-c4ccccc4)sc32)C(N(c2ccccc2)c2ccccc2)C1(Cl)Cl. The largest absolute Gasteiger partial charge is 0.423 e. The summed E-state index contributed by atoms with van der Waals surface area (Å²) in [7, 11) is 0. The lowest BCUT2D eigenvalue weighted by atomic mass is 9.88. The van der Waals surface area contributed by atoms with Crippen LogP contribution in [0.25, 0.3) is 16.3 Å². The molecule has 7 heteroatoms. The summed E-state index contributed by atoms with van der Waals surface area (Å²) in [4.78, 5) is 21.1. The van der Waals surface area contributed by atoms with Crippen LogP contribution in [0.2, 0.25) is 0 Å². The minimum atomic E-state index is -1.80. The van der Waals surface area contributed by atoms with E-state index in [1.807, 2.05) is 95.9 Å². The van der Waals surface area contributed by atoms with E-state index in [1.165, 1.54) is 11.3 Å². The molecule has 1 aliphatic heterocycles. The minimum Gasteiger partial charge on any atom is -0.423 e. The zero-order chi connectivity index (χ0) is 24.0. The molecule has 0 N–H and O–H groups in total. The van der Waals surface area contributed by atoms with Crippen LogP contribution in [-0.4, -0.2) is 21.3 Å². The summed E-state index contributed by atoms with van der Waals surface area (Å²) in [6, 6.07) is 29.1. The first kappa shape index (κ1) is 22.4. The number of esters is 1. The Bertz CT molecular complexity index is 1380. The second-order valence-corrected chi connectivity index (χ2v) is 10.9. The number of ether oxygens (including phenoxy) is 1. The number of fused-ring (bicyclic) bond motifs is 2. The van der Waals surface area contributed by atoms with Crippen LogP contribution in [0, 0.1) is 0 Å². The summed E-state index contributed by atoms with van der Waals surface area (Å²) >= 11 is 15.2. The average Bonchev–Trinajstić information content (AvgIpc) is 3.34. The van der Waals surface area contributed by atoms with Crippen molar-refractivity contribution in [3.63, 3.8) is 0 Å². The molecular weight excluding hydrogens is 499 g/mol. The number of aryl methyl sites for hydroxylation is 1. The molecule has 1 aromatic heterocycles. The van der Waals surface area contributed by atoms with Crippen LogP contribution in [0.5, 0.6) is 0 Å². The number of hydrogen-bond donors (Lipinski definition) is 0. The van der Waals surface area contributed by atoms with Gasteiger partial charge in [-0.15, -0.1) is 11.3 Å². The van der Waals surface area contributed by atoms with E-state index in [0.29, 0.717) is 18.6 Å². The third-order valence-corrected chi connectivity index (χ3v) is 8.18. The Morgan fingerprint density at radius 1 is 0.857 bits per heavy atom. The van der Waals surface area contributed by atoms with Crippen LogP contribution in [0.3, 0.4) is 0 Å². The maximum Gasteiger partial charge on any atom is 0.350 e. The van der Waals surface area contributed by atoms with Crippen LogP contribution >= 0.6 is 34.5 Å². The molecule has 2 heterocycles. The summed E-state index contributed by atoms with van der Waals surface area (Å²) in [5.41, 5.74) is 4.64. The molecule has 4 nitrogen and oxygen atoms in total. The Morgan fingerprint density at radius 2 is 1.43 bits per heavy atom. The van der Waals surface area contributed by atoms with Gasteiger partial charge in [0.05, 0.1) is 10.6 Å². The Labute approximate surface area is 217 Å². The second kappa shape index (κ2) is 8.83. The monoisotopic (exact) mass is 518 g/mol. The Balaban J connectivity index is 1.54. The number of para-hydroxylation sites is 2. The van der Waals surface area contributed by atoms with Gasteiger partial charge in [-0.25, -0.2) is 9.78 Å². The first-order chi connectivity index (χ1) is 17.0. The van der Waals surface area contributed by atoms with Crippen LogP contribution in [-0.2, 0) is 16.0 Å². The van der Waals surface area contributed by atoms with Crippen molar-refractivity contribution in [1.82, 2.24) is 4.98 Å². The third kappa shape index (κ3) is 3.84. The van der Waals surface area contributed by atoms with Gasteiger partial charge in [0, 0.05) is 22.5 Å². The molecule has 1 aliphatic carbocycles. The predicted molar refractivity (Wildman–Crippen MR) is 142 cm³/mol. The fourth-order valence-electron chi connectivity index (χ4n) is 4.72. The summed E-state index contributed by atoms with van der Waals surface area (Å²) in [5.74, 6) is -0.140. The van der Waals surface area contributed by atoms with E-state index in [-0.39, 0.29) is 0 Å². The van der Waals surface area contributed by atoms with E-state index in [4.69, 9.17) is 32.9 Å². The van der Waals surface area contributed by atoms with Gasteiger partial charge in [0.1, 0.15) is 11.0 Å². The number of hydrogen-bond acceptors (Lipinski definition) is 5. The number of thiazole rings is 1. The maximum atomic E-state index is 13.3. The topological polar surface area (TPSA) is 42.4 Å². The summed E-state index contributed by atoms with van der Waals surface area (Å²) in [6.07, 6.45) is 1.35. The highest BCUT2D eigenvalue weighted by atomic mass is 35.5. The standard InChI is InChI=1S/C28H20Cl2N2O2S/c29-28(30)25(32(19-12-6-2-7-13-19)20-14-8-3-9-15-20)21-16-17-22-24(23(21)34-27(28)33)35-26(31-22)18-10-4-1-5-11-18/h1-15,25H,16-17H2. The number of benzene rings is 3. The van der Waals surface area contributed by atoms with Gasteiger partial charge in [-0.05, 0) is 37.1 Å². The van der Waals surface area contributed by atoms with Gasteiger partial charge >= 0.3 is 5.97 Å². The van der Waals surface area contributed by atoms with Crippen molar-refractivity contribution in [2.75, 3.05) is 4.90 Å². The van der Waals surface area contributed by atoms with Crippen LogP contribution < -0.4 is 4.90 Å². The normalized spacial score (nSPS) is 18.5. The van der Waals surface area contributed by atoms with E-state index in [2.05, 4.69) is 0 Å². The predicted octanol–water partition coefficient (Wildman–Crippen LogP) is 7.41.